The summed E-state index contributed by atoms with van der Waals surface area (Å²) < 4.78 is 0. The third-order valence-electron chi connectivity index (χ3n) is 3.62. The van der Waals surface area contributed by atoms with Gasteiger partial charge in [-0.15, -0.1) is 18.2 Å². The van der Waals surface area contributed by atoms with E-state index in [0.717, 1.165) is 37.6 Å². The normalized spacial score (nSPS) is 20.2. The van der Waals surface area contributed by atoms with E-state index >= 15 is 0 Å². The Morgan fingerprint density at radius 2 is 2.20 bits per heavy atom. The van der Waals surface area contributed by atoms with Crippen molar-refractivity contribution < 1.29 is 0 Å². The summed E-state index contributed by atoms with van der Waals surface area (Å²) in [5, 5.41) is 3.68. The monoisotopic (exact) mass is 288 g/mol. The van der Waals surface area contributed by atoms with Crippen molar-refractivity contribution in [2.24, 2.45) is 0 Å². The second-order valence-corrected chi connectivity index (χ2v) is 6.36. The van der Waals surface area contributed by atoms with Gasteiger partial charge in [0.05, 0.1) is 5.75 Å². The Morgan fingerprint density at radius 3 is 3.00 bits per heavy atom. The molecule has 2 nitrogen and oxygen atoms in total. The van der Waals surface area contributed by atoms with Crippen LogP contribution < -0.4 is 5.32 Å². The van der Waals surface area contributed by atoms with Crippen molar-refractivity contribution >= 4 is 11.8 Å². The number of nitrogens with one attached hydrogen (secondary N) is 1. The minimum Gasteiger partial charge on any atom is -0.312 e. The van der Waals surface area contributed by atoms with Gasteiger partial charge in [0.1, 0.15) is 0 Å². The predicted molar refractivity (Wildman–Crippen MR) is 89.2 cm³/mol. The molecule has 3 heteroatoms. The number of nitrogens with zero attached hydrogens (tertiary/aromatic N) is 1. The molecule has 0 bridgehead atoms. The fraction of sp³-hybridized carbons (Fsp3) is 0.529. The first-order valence-corrected chi connectivity index (χ1v) is 8.55. The zero-order chi connectivity index (χ0) is 14.0. The van der Waals surface area contributed by atoms with Crippen LogP contribution >= 0.6 is 11.8 Å². The molecule has 108 valence electrons. The summed E-state index contributed by atoms with van der Waals surface area (Å²) in [6, 6.07) is 11.3. The average Bonchev–Trinajstić information content (AvgIpc) is 2.70. The Balaban J connectivity index is 1.79. The summed E-state index contributed by atoms with van der Waals surface area (Å²) in [6.07, 6.45) is 7.65. The summed E-state index contributed by atoms with van der Waals surface area (Å²) in [5.41, 5.74) is 1.42. The Hall–Kier alpha value is -0.950. The molecule has 1 heterocycles. The standard InChI is InChI=1S/C17H24N2S/c1-2-12-20-13-11-19-10-6-9-18-17(15-19)14-16-7-4-3-5-8-16/h1,3-5,7-8,17-18H,6,9-15H2. The lowest BCUT2D eigenvalue weighted by Gasteiger charge is -2.24. The molecule has 1 aliphatic heterocycles. The van der Waals surface area contributed by atoms with E-state index in [1.807, 2.05) is 11.8 Å². The van der Waals surface area contributed by atoms with Gasteiger partial charge in [-0.2, -0.15) is 0 Å². The van der Waals surface area contributed by atoms with Crippen molar-refractivity contribution in [3.8, 4) is 12.3 Å². The molecule has 1 unspecified atom stereocenters. The Bertz CT molecular complexity index is 413. The molecule has 0 spiro atoms. The van der Waals surface area contributed by atoms with E-state index in [4.69, 9.17) is 6.42 Å². The lowest BCUT2D eigenvalue weighted by molar-refractivity contribution is 0.283. The van der Waals surface area contributed by atoms with Gasteiger partial charge in [-0.1, -0.05) is 36.3 Å². The van der Waals surface area contributed by atoms with Crippen LogP contribution in [0.3, 0.4) is 0 Å². The first kappa shape index (κ1) is 15.4. The zero-order valence-electron chi connectivity index (χ0n) is 12.1. The maximum absolute atomic E-state index is 5.29. The summed E-state index contributed by atoms with van der Waals surface area (Å²) in [7, 11) is 0. The van der Waals surface area contributed by atoms with Crippen LogP contribution in [0.25, 0.3) is 0 Å². The summed E-state index contributed by atoms with van der Waals surface area (Å²) >= 11 is 1.86. The van der Waals surface area contributed by atoms with E-state index in [9.17, 15) is 0 Å². The van der Waals surface area contributed by atoms with Crippen molar-refractivity contribution in [3.63, 3.8) is 0 Å². The molecular formula is C17H24N2S. The number of rotatable bonds is 6. The number of hydrogen-bond acceptors (Lipinski definition) is 3. The topological polar surface area (TPSA) is 15.3 Å². The van der Waals surface area contributed by atoms with Crippen molar-refractivity contribution in [1.29, 1.82) is 0 Å². The molecular weight excluding hydrogens is 264 g/mol. The van der Waals surface area contributed by atoms with Crippen LogP contribution in [-0.2, 0) is 6.42 Å². The van der Waals surface area contributed by atoms with Gasteiger partial charge >= 0.3 is 0 Å². The van der Waals surface area contributed by atoms with Gasteiger partial charge in [-0.05, 0) is 31.5 Å². The van der Waals surface area contributed by atoms with E-state index in [0.29, 0.717) is 6.04 Å². The van der Waals surface area contributed by atoms with Crippen LogP contribution in [0.5, 0.6) is 0 Å². The summed E-state index contributed by atoms with van der Waals surface area (Å²) in [6.45, 7) is 4.63. The first-order valence-electron chi connectivity index (χ1n) is 7.39. The number of thioether (sulfide) groups is 1. The van der Waals surface area contributed by atoms with Crippen molar-refractivity contribution in [1.82, 2.24) is 10.2 Å². The lowest BCUT2D eigenvalue weighted by atomic mass is 10.1. The molecule has 2 rings (SSSR count). The van der Waals surface area contributed by atoms with Crippen LogP contribution in [0.4, 0.5) is 0 Å². The highest BCUT2D eigenvalue weighted by Crippen LogP contribution is 2.09. The summed E-state index contributed by atoms with van der Waals surface area (Å²) in [4.78, 5) is 2.58. The van der Waals surface area contributed by atoms with Gasteiger partial charge in [0.25, 0.3) is 0 Å². The van der Waals surface area contributed by atoms with E-state index in [1.165, 1.54) is 18.5 Å². The zero-order valence-corrected chi connectivity index (χ0v) is 12.9. The average molecular weight is 288 g/mol. The molecule has 1 atom stereocenters. The molecule has 1 aromatic rings. The second kappa shape index (κ2) is 9.07. The Labute approximate surface area is 127 Å². The maximum atomic E-state index is 5.29. The van der Waals surface area contributed by atoms with Crippen LogP contribution in [0.15, 0.2) is 30.3 Å². The highest BCUT2D eigenvalue weighted by Gasteiger charge is 2.17. The molecule has 0 aliphatic carbocycles. The van der Waals surface area contributed by atoms with Gasteiger partial charge < -0.3 is 10.2 Å². The summed E-state index contributed by atoms with van der Waals surface area (Å²) in [5.74, 6) is 4.67. The quantitative estimate of drug-likeness (QED) is 0.638. The van der Waals surface area contributed by atoms with Crippen LogP contribution in [-0.4, -0.2) is 48.6 Å². The molecule has 1 saturated heterocycles. The molecule has 0 radical (unpaired) electrons. The van der Waals surface area contributed by atoms with Gasteiger partial charge in [0.15, 0.2) is 0 Å². The molecule has 0 amide bonds. The van der Waals surface area contributed by atoms with Crippen LogP contribution in [0, 0.1) is 12.3 Å². The van der Waals surface area contributed by atoms with Crippen molar-refractivity contribution in [3.05, 3.63) is 35.9 Å². The number of hydrogen-bond donors (Lipinski definition) is 1. The molecule has 1 aliphatic rings. The highest BCUT2D eigenvalue weighted by atomic mass is 32.2. The Kier molecular flexibility index (Phi) is 7.00. The second-order valence-electron chi connectivity index (χ2n) is 5.25. The molecule has 0 saturated carbocycles. The van der Waals surface area contributed by atoms with Gasteiger partial charge in [0.2, 0.25) is 0 Å². The molecule has 20 heavy (non-hydrogen) atoms. The van der Waals surface area contributed by atoms with Gasteiger partial charge in [-0.25, -0.2) is 0 Å². The van der Waals surface area contributed by atoms with Crippen LogP contribution in [0.2, 0.25) is 0 Å². The predicted octanol–water partition coefficient (Wildman–Crippen LogP) is 2.26. The Morgan fingerprint density at radius 1 is 1.35 bits per heavy atom. The van der Waals surface area contributed by atoms with Gasteiger partial charge in [-0.3, -0.25) is 0 Å². The van der Waals surface area contributed by atoms with E-state index in [2.05, 4.69) is 46.5 Å². The minimum atomic E-state index is 0.567. The largest absolute Gasteiger partial charge is 0.312 e. The minimum absolute atomic E-state index is 0.567. The smallest absolute Gasteiger partial charge is 0.0545 e. The SMILES string of the molecule is C#CCSCCN1CCCNC(Cc2ccccc2)C1. The number of benzene rings is 1. The fourth-order valence-electron chi connectivity index (χ4n) is 2.64. The van der Waals surface area contributed by atoms with E-state index in [-0.39, 0.29) is 0 Å². The lowest BCUT2D eigenvalue weighted by Crippen LogP contribution is -2.40. The maximum Gasteiger partial charge on any atom is 0.0545 e. The van der Waals surface area contributed by atoms with Gasteiger partial charge in [0, 0.05) is 24.9 Å². The number of terminal acetylenes is 1. The highest BCUT2D eigenvalue weighted by molar-refractivity contribution is 7.99. The fourth-order valence-corrected chi connectivity index (χ4v) is 3.29. The molecule has 0 aromatic heterocycles. The van der Waals surface area contributed by atoms with Crippen LogP contribution in [0.1, 0.15) is 12.0 Å². The van der Waals surface area contributed by atoms with E-state index < -0.39 is 0 Å². The molecule has 1 aromatic carbocycles. The van der Waals surface area contributed by atoms with Crippen molar-refractivity contribution in [2.45, 2.75) is 18.9 Å². The third kappa shape index (κ3) is 5.58. The molecule has 1 fully saturated rings. The third-order valence-corrected chi connectivity index (χ3v) is 4.47. The first-order chi connectivity index (χ1) is 9.88. The molecule has 1 N–H and O–H groups in total. The van der Waals surface area contributed by atoms with Crippen molar-refractivity contribution in [2.75, 3.05) is 37.7 Å². The van der Waals surface area contributed by atoms with E-state index in [1.54, 1.807) is 0 Å².